The number of halogens is 1. The van der Waals surface area contributed by atoms with E-state index in [1.54, 1.807) is 12.1 Å². The van der Waals surface area contributed by atoms with Crippen LogP contribution in [-0.4, -0.2) is 17.9 Å². The summed E-state index contributed by atoms with van der Waals surface area (Å²) in [5.41, 5.74) is -0.146. The Balaban J connectivity index is 2.17. The minimum Gasteiger partial charge on any atom is -0.481 e. The van der Waals surface area contributed by atoms with Gasteiger partial charge in [0, 0.05) is 5.56 Å². The molecule has 18 heavy (non-hydrogen) atoms. The van der Waals surface area contributed by atoms with Crippen LogP contribution in [0.2, 0.25) is 5.02 Å². The number of carboxylic acids is 1. The number of fused-ring (bicyclic) bond motifs is 1. The highest BCUT2D eigenvalue weighted by molar-refractivity contribution is 6.32. The van der Waals surface area contributed by atoms with Crippen LogP contribution in [0, 0.1) is 0 Å². The number of benzene rings is 1. The predicted molar refractivity (Wildman–Crippen MR) is 65.4 cm³/mol. The fourth-order valence-electron chi connectivity index (χ4n) is 2.92. The average molecular weight is 269 g/mol. The van der Waals surface area contributed by atoms with Crippen molar-refractivity contribution < 1.29 is 19.4 Å². The van der Waals surface area contributed by atoms with Gasteiger partial charge in [0.15, 0.2) is 11.5 Å². The quantitative estimate of drug-likeness (QED) is 0.896. The molecule has 1 aliphatic carbocycles. The van der Waals surface area contributed by atoms with Gasteiger partial charge in [0.25, 0.3) is 0 Å². The summed E-state index contributed by atoms with van der Waals surface area (Å²) < 4.78 is 10.7. The van der Waals surface area contributed by atoms with Crippen LogP contribution in [0.25, 0.3) is 0 Å². The molecule has 1 saturated carbocycles. The molecule has 5 heteroatoms. The van der Waals surface area contributed by atoms with Gasteiger partial charge in [-0.05, 0) is 18.9 Å². The van der Waals surface area contributed by atoms with Gasteiger partial charge in [-0.3, -0.25) is 4.79 Å². The number of aliphatic carboxylic acids is 1. The van der Waals surface area contributed by atoms with E-state index in [4.69, 9.17) is 21.1 Å². The highest BCUT2D eigenvalue weighted by Gasteiger charge is 2.46. The molecule has 1 aromatic rings. The van der Waals surface area contributed by atoms with Gasteiger partial charge in [0.1, 0.15) is 0 Å². The van der Waals surface area contributed by atoms with Gasteiger partial charge >= 0.3 is 5.97 Å². The molecule has 0 atom stereocenters. The molecule has 0 unspecified atom stereocenters. The highest BCUT2D eigenvalue weighted by Crippen LogP contribution is 2.51. The molecule has 96 valence electrons. The number of rotatable bonds is 2. The van der Waals surface area contributed by atoms with Crippen molar-refractivity contribution in [2.45, 2.75) is 31.1 Å². The Morgan fingerprint density at radius 2 is 1.89 bits per heavy atom. The lowest BCUT2D eigenvalue weighted by Crippen LogP contribution is -2.32. The maximum Gasteiger partial charge on any atom is 0.314 e. The highest BCUT2D eigenvalue weighted by atomic mass is 35.5. The zero-order valence-corrected chi connectivity index (χ0v) is 10.5. The molecule has 0 aromatic heterocycles. The van der Waals surface area contributed by atoms with Crippen LogP contribution < -0.4 is 9.47 Å². The topological polar surface area (TPSA) is 55.8 Å². The number of carboxylic acid groups (broad SMARTS) is 1. The van der Waals surface area contributed by atoms with E-state index >= 15 is 0 Å². The van der Waals surface area contributed by atoms with Gasteiger partial charge in [0.05, 0.1) is 10.4 Å². The molecule has 3 rings (SSSR count). The molecular formula is C13H13ClO4. The second-order valence-electron chi connectivity index (χ2n) is 4.75. The molecule has 1 N–H and O–H groups in total. The SMILES string of the molecule is O=C(O)C1(c2ccc(Cl)c3c2OCO3)CCCC1. The van der Waals surface area contributed by atoms with Crippen molar-refractivity contribution in [3.8, 4) is 11.5 Å². The maximum atomic E-state index is 11.7. The van der Waals surface area contributed by atoms with Crippen molar-refractivity contribution in [1.82, 2.24) is 0 Å². The molecule has 0 spiro atoms. The molecule has 0 saturated heterocycles. The summed E-state index contributed by atoms with van der Waals surface area (Å²) in [6.07, 6.45) is 3.12. The van der Waals surface area contributed by atoms with E-state index in [2.05, 4.69) is 0 Å². The molecular weight excluding hydrogens is 256 g/mol. The smallest absolute Gasteiger partial charge is 0.314 e. The summed E-state index contributed by atoms with van der Waals surface area (Å²) in [5, 5.41) is 10.1. The zero-order valence-electron chi connectivity index (χ0n) is 9.74. The number of carbonyl (C=O) groups is 1. The molecule has 0 radical (unpaired) electrons. The van der Waals surface area contributed by atoms with Crippen molar-refractivity contribution in [1.29, 1.82) is 0 Å². The van der Waals surface area contributed by atoms with E-state index in [0.29, 0.717) is 34.9 Å². The first-order chi connectivity index (χ1) is 8.65. The fourth-order valence-corrected chi connectivity index (χ4v) is 3.12. The molecule has 1 aliphatic heterocycles. The third-order valence-corrected chi connectivity index (χ3v) is 4.15. The zero-order chi connectivity index (χ0) is 12.8. The van der Waals surface area contributed by atoms with Crippen LogP contribution in [0.3, 0.4) is 0 Å². The Bertz CT molecular complexity index is 506. The van der Waals surface area contributed by atoms with E-state index in [0.717, 1.165) is 12.8 Å². The van der Waals surface area contributed by atoms with Crippen LogP contribution in [0.15, 0.2) is 12.1 Å². The summed E-state index contributed by atoms with van der Waals surface area (Å²) in [6, 6.07) is 3.45. The third kappa shape index (κ3) is 1.48. The van der Waals surface area contributed by atoms with E-state index in [9.17, 15) is 9.90 Å². The minimum atomic E-state index is -0.845. The van der Waals surface area contributed by atoms with Gasteiger partial charge in [-0.2, -0.15) is 0 Å². The average Bonchev–Trinajstić information content (AvgIpc) is 2.98. The van der Waals surface area contributed by atoms with Gasteiger partial charge in [-0.1, -0.05) is 30.5 Å². The van der Waals surface area contributed by atoms with Crippen molar-refractivity contribution in [2.75, 3.05) is 6.79 Å². The Hall–Kier alpha value is -1.42. The fraction of sp³-hybridized carbons (Fsp3) is 0.462. The Labute approximate surface area is 109 Å². The van der Waals surface area contributed by atoms with Gasteiger partial charge in [-0.15, -0.1) is 0 Å². The molecule has 0 bridgehead atoms. The Kier molecular flexibility index (Phi) is 2.63. The van der Waals surface area contributed by atoms with Crippen LogP contribution in [-0.2, 0) is 10.2 Å². The van der Waals surface area contributed by atoms with Crippen molar-refractivity contribution in [3.05, 3.63) is 22.7 Å². The number of hydrogen-bond donors (Lipinski definition) is 1. The molecule has 4 nitrogen and oxygen atoms in total. The minimum absolute atomic E-state index is 0.0990. The number of hydrogen-bond acceptors (Lipinski definition) is 3. The van der Waals surface area contributed by atoms with E-state index in [1.807, 2.05) is 0 Å². The molecule has 1 aromatic carbocycles. The summed E-state index contributed by atoms with van der Waals surface area (Å²) in [7, 11) is 0. The summed E-state index contributed by atoms with van der Waals surface area (Å²) in [4.78, 5) is 11.7. The number of ether oxygens (including phenoxy) is 2. The summed E-state index contributed by atoms with van der Waals surface area (Å²) in [6.45, 7) is 0.0990. The van der Waals surface area contributed by atoms with Crippen molar-refractivity contribution in [3.63, 3.8) is 0 Å². The standard InChI is InChI=1S/C13H13ClO4/c14-9-4-3-8(10-11(9)18-7-17-10)13(12(15)16)5-1-2-6-13/h3-4H,1-2,5-7H2,(H,15,16). The summed E-state index contributed by atoms with van der Waals surface area (Å²) in [5.74, 6) is 0.188. The van der Waals surface area contributed by atoms with Gasteiger partial charge in [-0.25, -0.2) is 0 Å². The monoisotopic (exact) mass is 268 g/mol. The first-order valence-electron chi connectivity index (χ1n) is 5.97. The van der Waals surface area contributed by atoms with Crippen LogP contribution >= 0.6 is 11.6 Å². The second-order valence-corrected chi connectivity index (χ2v) is 5.16. The predicted octanol–water partition coefficient (Wildman–Crippen LogP) is 2.97. The van der Waals surface area contributed by atoms with Crippen molar-refractivity contribution >= 4 is 17.6 Å². The molecule has 0 amide bonds. The molecule has 1 heterocycles. The first kappa shape index (κ1) is 11.7. The van der Waals surface area contributed by atoms with Crippen LogP contribution in [0.4, 0.5) is 0 Å². The first-order valence-corrected chi connectivity index (χ1v) is 6.35. The largest absolute Gasteiger partial charge is 0.481 e. The van der Waals surface area contributed by atoms with Gasteiger partial charge in [0.2, 0.25) is 6.79 Å². The lowest BCUT2D eigenvalue weighted by atomic mass is 9.78. The van der Waals surface area contributed by atoms with Crippen LogP contribution in [0.1, 0.15) is 31.2 Å². The summed E-state index contributed by atoms with van der Waals surface area (Å²) >= 11 is 6.02. The van der Waals surface area contributed by atoms with Crippen molar-refractivity contribution in [2.24, 2.45) is 0 Å². The van der Waals surface area contributed by atoms with Crippen LogP contribution in [0.5, 0.6) is 11.5 Å². The third-order valence-electron chi connectivity index (χ3n) is 3.85. The maximum absolute atomic E-state index is 11.7. The Morgan fingerprint density at radius 3 is 2.56 bits per heavy atom. The lowest BCUT2D eigenvalue weighted by Gasteiger charge is -2.25. The lowest BCUT2D eigenvalue weighted by molar-refractivity contribution is -0.143. The van der Waals surface area contributed by atoms with Gasteiger partial charge < -0.3 is 14.6 Å². The molecule has 1 fully saturated rings. The Morgan fingerprint density at radius 1 is 1.22 bits per heavy atom. The normalized spacial score (nSPS) is 20.1. The second kappa shape index (κ2) is 4.05. The van der Waals surface area contributed by atoms with E-state index in [1.165, 1.54) is 0 Å². The van der Waals surface area contributed by atoms with E-state index in [-0.39, 0.29) is 6.79 Å². The van der Waals surface area contributed by atoms with E-state index < -0.39 is 11.4 Å². The molecule has 2 aliphatic rings.